The molecule has 35 heavy (non-hydrogen) atoms. The zero-order chi connectivity index (χ0) is 24.4. The molecule has 0 unspecified atom stereocenters. The van der Waals surface area contributed by atoms with Crippen LogP contribution in [-0.2, 0) is 14.4 Å². The van der Waals surface area contributed by atoms with Gasteiger partial charge in [0.05, 0.1) is 11.1 Å². The third-order valence-corrected chi connectivity index (χ3v) is 6.70. The van der Waals surface area contributed by atoms with Crippen LogP contribution >= 0.6 is 0 Å². The predicted octanol–water partition coefficient (Wildman–Crippen LogP) is 4.63. The van der Waals surface area contributed by atoms with E-state index in [0.717, 1.165) is 52.2 Å². The molecule has 2 aromatic heterocycles. The molecule has 1 aliphatic heterocycles. The van der Waals surface area contributed by atoms with Gasteiger partial charge in [0.2, 0.25) is 5.91 Å². The van der Waals surface area contributed by atoms with Gasteiger partial charge in [-0.1, -0.05) is 49.2 Å². The van der Waals surface area contributed by atoms with Crippen molar-refractivity contribution in [2.45, 2.75) is 32.1 Å². The van der Waals surface area contributed by atoms with Crippen molar-refractivity contribution in [3.8, 4) is 0 Å². The SMILES string of the molecule is CNC(=O)CCCCCCN1C(=O)C(c2c[nH]c3ccccc23)=C(c2c[nH]c3ccccc23)C1=O. The summed E-state index contributed by atoms with van der Waals surface area (Å²) >= 11 is 0. The lowest BCUT2D eigenvalue weighted by atomic mass is 9.95. The van der Waals surface area contributed by atoms with Crippen molar-refractivity contribution >= 4 is 50.7 Å². The first kappa shape index (κ1) is 22.7. The fourth-order valence-corrected chi connectivity index (χ4v) is 4.87. The Hall–Kier alpha value is -4.13. The van der Waals surface area contributed by atoms with Crippen LogP contribution in [0.25, 0.3) is 33.0 Å². The van der Waals surface area contributed by atoms with Crippen molar-refractivity contribution in [1.29, 1.82) is 0 Å². The number of rotatable bonds is 9. The van der Waals surface area contributed by atoms with Gasteiger partial charge in [0, 0.05) is 65.3 Å². The molecule has 4 aromatic rings. The number of carbonyl (C=O) groups is 3. The molecule has 3 heterocycles. The third-order valence-electron chi connectivity index (χ3n) is 6.70. The van der Waals surface area contributed by atoms with Gasteiger partial charge < -0.3 is 15.3 Å². The maximum atomic E-state index is 13.7. The number of benzene rings is 2. The Morgan fingerprint density at radius 1 is 0.771 bits per heavy atom. The van der Waals surface area contributed by atoms with Gasteiger partial charge in [-0.2, -0.15) is 0 Å². The van der Waals surface area contributed by atoms with Crippen molar-refractivity contribution in [1.82, 2.24) is 20.2 Å². The molecule has 0 aliphatic carbocycles. The number of unbranched alkanes of at least 4 members (excludes halogenated alkanes) is 3. The molecule has 0 saturated heterocycles. The average molecular weight is 469 g/mol. The molecule has 7 heteroatoms. The second-order valence-electron chi connectivity index (χ2n) is 8.85. The summed E-state index contributed by atoms with van der Waals surface area (Å²) in [4.78, 5) is 46.7. The molecule has 3 amide bonds. The number of aromatic amines is 2. The van der Waals surface area contributed by atoms with Crippen LogP contribution in [0.5, 0.6) is 0 Å². The van der Waals surface area contributed by atoms with Gasteiger partial charge in [-0.3, -0.25) is 19.3 Å². The number of aromatic nitrogens is 2. The van der Waals surface area contributed by atoms with E-state index in [2.05, 4.69) is 15.3 Å². The fourth-order valence-electron chi connectivity index (χ4n) is 4.87. The monoisotopic (exact) mass is 468 g/mol. The summed E-state index contributed by atoms with van der Waals surface area (Å²) < 4.78 is 0. The van der Waals surface area contributed by atoms with Gasteiger partial charge in [0.1, 0.15) is 0 Å². The Kier molecular flexibility index (Phi) is 6.23. The van der Waals surface area contributed by atoms with Gasteiger partial charge in [-0.25, -0.2) is 0 Å². The minimum Gasteiger partial charge on any atom is -0.361 e. The first-order valence-electron chi connectivity index (χ1n) is 12.0. The number of hydrogen-bond donors (Lipinski definition) is 3. The Bertz CT molecular complexity index is 1360. The highest BCUT2D eigenvalue weighted by Crippen LogP contribution is 2.40. The van der Waals surface area contributed by atoms with Crippen molar-refractivity contribution < 1.29 is 14.4 Å². The lowest BCUT2D eigenvalue weighted by molar-refractivity contribution is -0.136. The number of nitrogens with zero attached hydrogens (tertiary/aromatic N) is 1. The first-order valence-corrected chi connectivity index (χ1v) is 12.0. The van der Waals surface area contributed by atoms with Gasteiger partial charge in [0.25, 0.3) is 11.8 Å². The summed E-state index contributed by atoms with van der Waals surface area (Å²) in [5.41, 5.74) is 4.21. The highest BCUT2D eigenvalue weighted by molar-refractivity contribution is 6.50. The number of carbonyl (C=O) groups excluding carboxylic acids is 3. The smallest absolute Gasteiger partial charge is 0.262 e. The van der Waals surface area contributed by atoms with Crippen molar-refractivity contribution in [2.75, 3.05) is 13.6 Å². The van der Waals surface area contributed by atoms with Crippen LogP contribution in [0.15, 0.2) is 60.9 Å². The molecule has 178 valence electrons. The highest BCUT2D eigenvalue weighted by Gasteiger charge is 2.40. The predicted molar refractivity (Wildman–Crippen MR) is 137 cm³/mol. The van der Waals surface area contributed by atoms with E-state index >= 15 is 0 Å². The standard InChI is InChI=1S/C28H28N4O3/c1-29-24(33)14-4-2-3-9-15-32-27(34)25(20-16-30-22-12-7-5-10-18(20)22)26(28(32)35)21-17-31-23-13-8-6-11-19(21)23/h5-8,10-13,16-17,30-31H,2-4,9,14-15H2,1H3,(H,29,33). The van der Waals surface area contributed by atoms with E-state index in [9.17, 15) is 14.4 Å². The normalized spacial score (nSPS) is 14.0. The topological polar surface area (TPSA) is 98.1 Å². The molecule has 0 saturated carbocycles. The minimum absolute atomic E-state index is 0.0332. The summed E-state index contributed by atoms with van der Waals surface area (Å²) in [5, 5.41) is 4.45. The van der Waals surface area contributed by atoms with Crippen molar-refractivity contribution in [3.05, 3.63) is 72.1 Å². The van der Waals surface area contributed by atoms with Crippen LogP contribution in [0.2, 0.25) is 0 Å². The highest BCUT2D eigenvalue weighted by atomic mass is 16.2. The second kappa shape index (κ2) is 9.62. The molecule has 0 spiro atoms. The van der Waals surface area contributed by atoms with Gasteiger partial charge >= 0.3 is 0 Å². The summed E-state index contributed by atoms with van der Waals surface area (Å²) in [6.07, 6.45) is 7.36. The molecule has 0 fully saturated rings. The summed E-state index contributed by atoms with van der Waals surface area (Å²) in [6.45, 7) is 0.356. The number of hydrogen-bond acceptors (Lipinski definition) is 3. The van der Waals surface area contributed by atoms with Crippen LogP contribution in [0.3, 0.4) is 0 Å². The first-order chi connectivity index (χ1) is 17.1. The van der Waals surface area contributed by atoms with E-state index in [1.165, 1.54) is 4.90 Å². The molecular formula is C28H28N4O3. The zero-order valence-electron chi connectivity index (χ0n) is 19.7. The Morgan fingerprint density at radius 3 is 1.83 bits per heavy atom. The van der Waals surface area contributed by atoms with E-state index in [4.69, 9.17) is 0 Å². The lowest BCUT2D eigenvalue weighted by Crippen LogP contribution is -2.32. The van der Waals surface area contributed by atoms with E-state index < -0.39 is 0 Å². The third kappa shape index (κ3) is 4.14. The van der Waals surface area contributed by atoms with Crippen molar-refractivity contribution in [3.63, 3.8) is 0 Å². The second-order valence-corrected chi connectivity index (χ2v) is 8.85. The van der Waals surface area contributed by atoms with Gasteiger partial charge in [-0.05, 0) is 25.0 Å². The minimum atomic E-state index is -0.259. The summed E-state index contributed by atoms with van der Waals surface area (Å²) in [6, 6.07) is 15.6. The lowest BCUT2D eigenvalue weighted by Gasteiger charge is -2.15. The van der Waals surface area contributed by atoms with E-state index in [-0.39, 0.29) is 17.7 Å². The molecule has 5 rings (SSSR count). The molecule has 0 bridgehead atoms. The number of fused-ring (bicyclic) bond motifs is 2. The van der Waals surface area contributed by atoms with Crippen LogP contribution in [0, 0.1) is 0 Å². The van der Waals surface area contributed by atoms with E-state index in [0.29, 0.717) is 30.5 Å². The number of imide groups is 1. The maximum absolute atomic E-state index is 13.7. The van der Waals surface area contributed by atoms with E-state index in [1.54, 1.807) is 7.05 Å². The molecule has 7 nitrogen and oxygen atoms in total. The number of amides is 3. The Morgan fingerprint density at radius 2 is 1.29 bits per heavy atom. The summed E-state index contributed by atoms with van der Waals surface area (Å²) in [7, 11) is 1.64. The van der Waals surface area contributed by atoms with E-state index in [1.807, 2.05) is 60.9 Å². The quantitative estimate of drug-likeness (QED) is 0.247. The molecular weight excluding hydrogens is 440 g/mol. The number of para-hydroxylation sites is 2. The van der Waals surface area contributed by atoms with Crippen LogP contribution in [0.4, 0.5) is 0 Å². The molecule has 0 atom stereocenters. The molecule has 0 radical (unpaired) electrons. The number of nitrogens with one attached hydrogen (secondary N) is 3. The molecule has 3 N–H and O–H groups in total. The maximum Gasteiger partial charge on any atom is 0.262 e. The van der Waals surface area contributed by atoms with Gasteiger partial charge in [-0.15, -0.1) is 0 Å². The van der Waals surface area contributed by atoms with Crippen molar-refractivity contribution in [2.24, 2.45) is 0 Å². The Labute approximate surface area is 203 Å². The van der Waals surface area contributed by atoms with Crippen LogP contribution in [0.1, 0.15) is 43.2 Å². The summed E-state index contributed by atoms with van der Waals surface area (Å²) in [5.74, 6) is -0.485. The van der Waals surface area contributed by atoms with Gasteiger partial charge in [0.15, 0.2) is 0 Å². The van der Waals surface area contributed by atoms with Crippen LogP contribution in [-0.4, -0.2) is 46.2 Å². The largest absolute Gasteiger partial charge is 0.361 e. The number of H-pyrrole nitrogens is 2. The van der Waals surface area contributed by atoms with Crippen LogP contribution < -0.4 is 5.32 Å². The fraction of sp³-hybridized carbons (Fsp3) is 0.250. The zero-order valence-corrected chi connectivity index (χ0v) is 19.7. The molecule has 1 aliphatic rings. The average Bonchev–Trinajstić information content (AvgIpc) is 3.56. The molecule has 2 aromatic carbocycles. The Balaban J connectivity index is 1.47.